The van der Waals surface area contributed by atoms with Crippen LogP contribution in [0.1, 0.15) is 10.4 Å². The first-order valence-corrected chi connectivity index (χ1v) is 5.02. The van der Waals surface area contributed by atoms with Crippen LogP contribution in [0.15, 0.2) is 30.6 Å². The Hall–Kier alpha value is -1.88. The van der Waals surface area contributed by atoms with Crippen LogP contribution in [0.25, 0.3) is 5.52 Å². The van der Waals surface area contributed by atoms with E-state index in [0.29, 0.717) is 12.1 Å². The molecular formula is C11H13N3O2. The summed E-state index contributed by atoms with van der Waals surface area (Å²) in [6.45, 7) is 0.282. The molecule has 0 aliphatic carbocycles. The van der Waals surface area contributed by atoms with Crippen LogP contribution in [0.4, 0.5) is 0 Å². The molecule has 2 rings (SSSR count). The van der Waals surface area contributed by atoms with Crippen molar-refractivity contribution in [2.24, 2.45) is 0 Å². The summed E-state index contributed by atoms with van der Waals surface area (Å²) in [7, 11) is 1.66. The number of hydrogen-bond acceptors (Lipinski definition) is 3. The van der Waals surface area contributed by atoms with Gasteiger partial charge in [0.15, 0.2) is 0 Å². The van der Waals surface area contributed by atoms with E-state index in [1.54, 1.807) is 24.0 Å². The molecule has 5 heteroatoms. The fourth-order valence-electron chi connectivity index (χ4n) is 1.56. The molecule has 0 aliphatic heterocycles. The highest BCUT2D eigenvalue weighted by Crippen LogP contribution is 2.11. The lowest BCUT2D eigenvalue weighted by atomic mass is 10.2. The van der Waals surface area contributed by atoms with Crippen molar-refractivity contribution in [3.05, 3.63) is 36.2 Å². The van der Waals surface area contributed by atoms with Gasteiger partial charge < -0.3 is 10.0 Å². The summed E-state index contributed by atoms with van der Waals surface area (Å²) >= 11 is 0. The molecule has 84 valence electrons. The van der Waals surface area contributed by atoms with Gasteiger partial charge in [0.05, 0.1) is 23.9 Å². The number of hydrogen-bond donors (Lipinski definition) is 1. The molecule has 0 spiro atoms. The maximum atomic E-state index is 12.0. The van der Waals surface area contributed by atoms with Crippen LogP contribution in [0.3, 0.4) is 0 Å². The van der Waals surface area contributed by atoms with Crippen LogP contribution in [-0.2, 0) is 0 Å². The quantitative estimate of drug-likeness (QED) is 0.812. The Labute approximate surface area is 92.9 Å². The van der Waals surface area contributed by atoms with Gasteiger partial charge >= 0.3 is 0 Å². The third-order valence-corrected chi connectivity index (χ3v) is 2.44. The van der Waals surface area contributed by atoms with Gasteiger partial charge in [-0.3, -0.25) is 4.79 Å². The first kappa shape index (κ1) is 10.6. The van der Waals surface area contributed by atoms with Crippen LogP contribution < -0.4 is 0 Å². The zero-order chi connectivity index (χ0) is 11.5. The summed E-state index contributed by atoms with van der Waals surface area (Å²) in [6.07, 6.45) is 3.34. The molecule has 0 saturated carbocycles. The van der Waals surface area contributed by atoms with Crippen molar-refractivity contribution in [2.75, 3.05) is 20.2 Å². The fraction of sp³-hybridized carbons (Fsp3) is 0.273. The number of amides is 1. The minimum Gasteiger partial charge on any atom is -0.395 e. The standard InChI is InChI=1S/C11H13N3O2/c1-13(6-7-15)11(16)9-8-12-14-5-3-2-4-10(9)14/h2-5,8,15H,6-7H2,1H3. The summed E-state index contributed by atoms with van der Waals surface area (Å²) in [5.41, 5.74) is 1.33. The first-order valence-electron chi connectivity index (χ1n) is 5.02. The molecule has 0 saturated heterocycles. The zero-order valence-corrected chi connectivity index (χ0v) is 9.00. The predicted octanol–water partition coefficient (Wildman–Crippen LogP) is 0.399. The Kier molecular flexibility index (Phi) is 2.87. The second-order valence-corrected chi connectivity index (χ2v) is 3.54. The van der Waals surface area contributed by atoms with Crippen molar-refractivity contribution in [2.45, 2.75) is 0 Å². The van der Waals surface area contributed by atoms with E-state index in [1.807, 2.05) is 18.2 Å². The Balaban J connectivity index is 2.36. The number of likely N-dealkylation sites (N-methyl/N-ethyl adjacent to an activating group) is 1. The molecule has 16 heavy (non-hydrogen) atoms. The number of rotatable bonds is 3. The van der Waals surface area contributed by atoms with Crippen molar-refractivity contribution < 1.29 is 9.90 Å². The Bertz CT molecular complexity index is 507. The Morgan fingerprint density at radius 2 is 2.38 bits per heavy atom. The average Bonchev–Trinajstić information content (AvgIpc) is 2.72. The lowest BCUT2D eigenvalue weighted by Gasteiger charge is -2.14. The van der Waals surface area contributed by atoms with E-state index >= 15 is 0 Å². The third-order valence-electron chi connectivity index (χ3n) is 2.44. The molecular weight excluding hydrogens is 206 g/mol. The SMILES string of the molecule is CN(CCO)C(=O)c1cnn2ccccc12. The van der Waals surface area contributed by atoms with Crippen molar-refractivity contribution >= 4 is 11.4 Å². The summed E-state index contributed by atoms with van der Waals surface area (Å²) < 4.78 is 1.65. The molecule has 2 heterocycles. The molecule has 0 bridgehead atoms. The number of pyridine rings is 1. The van der Waals surface area contributed by atoms with E-state index in [0.717, 1.165) is 5.52 Å². The van der Waals surface area contributed by atoms with Crippen LogP contribution in [0.5, 0.6) is 0 Å². The monoisotopic (exact) mass is 219 g/mol. The van der Waals surface area contributed by atoms with Gasteiger partial charge in [0, 0.05) is 19.8 Å². The number of carbonyl (C=O) groups excluding carboxylic acids is 1. The van der Waals surface area contributed by atoms with Gasteiger partial charge in [-0.1, -0.05) is 6.07 Å². The first-order chi connectivity index (χ1) is 7.74. The number of nitrogens with zero attached hydrogens (tertiary/aromatic N) is 3. The minimum absolute atomic E-state index is 0.0402. The van der Waals surface area contributed by atoms with E-state index in [-0.39, 0.29) is 12.5 Å². The molecule has 0 radical (unpaired) electrons. The zero-order valence-electron chi connectivity index (χ0n) is 9.00. The van der Waals surface area contributed by atoms with E-state index < -0.39 is 0 Å². The second kappa shape index (κ2) is 4.32. The van der Waals surface area contributed by atoms with E-state index in [1.165, 1.54) is 4.90 Å². The van der Waals surface area contributed by atoms with Gasteiger partial charge in [-0.25, -0.2) is 4.52 Å². The van der Waals surface area contributed by atoms with E-state index in [9.17, 15) is 4.79 Å². The van der Waals surface area contributed by atoms with Crippen molar-refractivity contribution in [1.82, 2.24) is 14.5 Å². The Morgan fingerprint density at radius 3 is 3.12 bits per heavy atom. The van der Waals surface area contributed by atoms with Gasteiger partial charge in [-0.2, -0.15) is 5.10 Å². The number of aliphatic hydroxyl groups is 1. The summed E-state index contributed by atoms with van der Waals surface area (Å²) in [5.74, 6) is -0.129. The molecule has 1 N–H and O–H groups in total. The van der Waals surface area contributed by atoms with Crippen LogP contribution in [-0.4, -0.2) is 45.7 Å². The molecule has 0 aromatic carbocycles. The molecule has 0 atom stereocenters. The maximum Gasteiger partial charge on any atom is 0.257 e. The van der Waals surface area contributed by atoms with Gasteiger partial charge in [-0.15, -0.1) is 0 Å². The number of fused-ring (bicyclic) bond motifs is 1. The molecule has 0 aliphatic rings. The topological polar surface area (TPSA) is 57.8 Å². The van der Waals surface area contributed by atoms with Crippen molar-refractivity contribution in [3.8, 4) is 0 Å². The highest BCUT2D eigenvalue weighted by molar-refractivity contribution is 6.00. The second-order valence-electron chi connectivity index (χ2n) is 3.54. The number of carbonyl (C=O) groups is 1. The fourth-order valence-corrected chi connectivity index (χ4v) is 1.56. The third kappa shape index (κ3) is 1.77. The number of aromatic nitrogens is 2. The van der Waals surface area contributed by atoms with Crippen molar-refractivity contribution in [1.29, 1.82) is 0 Å². The van der Waals surface area contributed by atoms with E-state index in [4.69, 9.17) is 5.11 Å². The van der Waals surface area contributed by atoms with Gasteiger partial charge in [0.2, 0.25) is 0 Å². The minimum atomic E-state index is -0.129. The van der Waals surface area contributed by atoms with Gasteiger partial charge in [0.1, 0.15) is 0 Å². The smallest absolute Gasteiger partial charge is 0.257 e. The lowest BCUT2D eigenvalue weighted by Crippen LogP contribution is -2.29. The molecule has 5 nitrogen and oxygen atoms in total. The molecule has 2 aromatic rings. The molecule has 0 unspecified atom stereocenters. The van der Waals surface area contributed by atoms with Crippen LogP contribution in [0, 0.1) is 0 Å². The Morgan fingerprint density at radius 1 is 1.56 bits per heavy atom. The van der Waals surface area contributed by atoms with Gasteiger partial charge in [-0.05, 0) is 12.1 Å². The largest absolute Gasteiger partial charge is 0.395 e. The molecule has 1 amide bonds. The normalized spacial score (nSPS) is 10.6. The van der Waals surface area contributed by atoms with Gasteiger partial charge in [0.25, 0.3) is 5.91 Å². The predicted molar refractivity (Wildman–Crippen MR) is 59.2 cm³/mol. The number of aliphatic hydroxyl groups excluding tert-OH is 1. The summed E-state index contributed by atoms with van der Waals surface area (Å²) in [5, 5.41) is 12.9. The summed E-state index contributed by atoms with van der Waals surface area (Å²) in [6, 6.07) is 5.55. The highest BCUT2D eigenvalue weighted by atomic mass is 16.3. The van der Waals surface area contributed by atoms with Crippen molar-refractivity contribution in [3.63, 3.8) is 0 Å². The highest BCUT2D eigenvalue weighted by Gasteiger charge is 2.15. The summed E-state index contributed by atoms with van der Waals surface area (Å²) in [4.78, 5) is 13.4. The average molecular weight is 219 g/mol. The maximum absolute atomic E-state index is 12.0. The molecule has 2 aromatic heterocycles. The lowest BCUT2D eigenvalue weighted by molar-refractivity contribution is 0.0769. The van der Waals surface area contributed by atoms with Crippen LogP contribution in [0.2, 0.25) is 0 Å². The van der Waals surface area contributed by atoms with E-state index in [2.05, 4.69) is 5.10 Å². The molecule has 0 fully saturated rings. The van der Waals surface area contributed by atoms with Crippen LogP contribution >= 0.6 is 0 Å².